The van der Waals surface area contributed by atoms with Crippen molar-refractivity contribution in [3.63, 3.8) is 0 Å². The summed E-state index contributed by atoms with van der Waals surface area (Å²) in [5.41, 5.74) is 6.13. The SMILES string of the molecule is CC(N)C1CCCCN1C1CCCCCC1O. The van der Waals surface area contributed by atoms with Crippen molar-refractivity contribution in [3.8, 4) is 0 Å². The van der Waals surface area contributed by atoms with Crippen LogP contribution >= 0.6 is 0 Å². The first-order chi connectivity index (χ1) is 8.20. The average Bonchev–Trinajstić information content (AvgIpc) is 2.54. The first-order valence-corrected chi connectivity index (χ1v) is 7.39. The zero-order valence-corrected chi connectivity index (χ0v) is 11.1. The Hall–Kier alpha value is -0.120. The maximum absolute atomic E-state index is 10.3. The normalized spacial score (nSPS) is 38.6. The second-order valence-corrected chi connectivity index (χ2v) is 5.93. The molecule has 0 bridgehead atoms. The molecule has 3 N–H and O–H groups in total. The van der Waals surface area contributed by atoms with Gasteiger partial charge in [0.1, 0.15) is 0 Å². The minimum atomic E-state index is -0.128. The standard InChI is InChI=1S/C14H28N2O/c1-11(15)12-7-5-6-10-16(12)13-8-3-2-4-9-14(13)17/h11-14,17H,2-10,15H2,1H3. The fraction of sp³-hybridized carbons (Fsp3) is 1.00. The van der Waals surface area contributed by atoms with Crippen molar-refractivity contribution in [1.82, 2.24) is 4.90 Å². The fourth-order valence-electron chi connectivity index (χ4n) is 3.61. The van der Waals surface area contributed by atoms with Crippen molar-refractivity contribution in [1.29, 1.82) is 0 Å². The molecule has 1 aliphatic carbocycles. The molecule has 0 spiro atoms. The van der Waals surface area contributed by atoms with Crippen LogP contribution in [0.4, 0.5) is 0 Å². The molecule has 1 saturated heterocycles. The van der Waals surface area contributed by atoms with Crippen molar-refractivity contribution in [2.24, 2.45) is 5.73 Å². The van der Waals surface area contributed by atoms with Gasteiger partial charge in [0.05, 0.1) is 6.10 Å². The molecule has 17 heavy (non-hydrogen) atoms. The largest absolute Gasteiger partial charge is 0.391 e. The molecule has 100 valence electrons. The summed E-state index contributed by atoms with van der Waals surface area (Å²) in [7, 11) is 0. The van der Waals surface area contributed by atoms with Crippen molar-refractivity contribution < 1.29 is 5.11 Å². The van der Waals surface area contributed by atoms with Gasteiger partial charge in [-0.25, -0.2) is 0 Å². The van der Waals surface area contributed by atoms with Crippen molar-refractivity contribution in [2.75, 3.05) is 6.54 Å². The number of piperidine rings is 1. The molecule has 0 aromatic rings. The molecule has 1 saturated carbocycles. The lowest BCUT2D eigenvalue weighted by Crippen LogP contribution is -2.56. The minimum absolute atomic E-state index is 0.128. The molecule has 0 aromatic carbocycles. The first-order valence-electron chi connectivity index (χ1n) is 7.39. The summed E-state index contributed by atoms with van der Waals surface area (Å²) in [5, 5.41) is 10.3. The van der Waals surface area contributed by atoms with Gasteiger partial charge in [-0.2, -0.15) is 0 Å². The van der Waals surface area contributed by atoms with Crippen LogP contribution in [-0.4, -0.2) is 40.8 Å². The summed E-state index contributed by atoms with van der Waals surface area (Å²) in [6.07, 6.45) is 9.52. The van der Waals surface area contributed by atoms with Crippen molar-refractivity contribution in [3.05, 3.63) is 0 Å². The topological polar surface area (TPSA) is 49.5 Å². The average molecular weight is 240 g/mol. The van der Waals surface area contributed by atoms with E-state index in [2.05, 4.69) is 11.8 Å². The number of hydrogen-bond donors (Lipinski definition) is 2. The van der Waals surface area contributed by atoms with E-state index in [1.807, 2.05) is 0 Å². The zero-order valence-electron chi connectivity index (χ0n) is 11.1. The second-order valence-electron chi connectivity index (χ2n) is 5.93. The third kappa shape index (κ3) is 3.21. The number of rotatable bonds is 2. The fourth-order valence-corrected chi connectivity index (χ4v) is 3.61. The molecule has 0 amide bonds. The van der Waals surface area contributed by atoms with Crippen LogP contribution in [0.2, 0.25) is 0 Å². The first kappa shape index (κ1) is 13.3. The van der Waals surface area contributed by atoms with Gasteiger partial charge in [0.25, 0.3) is 0 Å². The van der Waals surface area contributed by atoms with E-state index < -0.39 is 0 Å². The molecule has 2 aliphatic rings. The summed E-state index contributed by atoms with van der Waals surface area (Å²) >= 11 is 0. The van der Waals surface area contributed by atoms with Gasteiger partial charge in [0.15, 0.2) is 0 Å². The van der Waals surface area contributed by atoms with Gasteiger partial charge in [0, 0.05) is 18.1 Å². The summed E-state index contributed by atoms with van der Waals surface area (Å²) in [4.78, 5) is 2.53. The lowest BCUT2D eigenvalue weighted by molar-refractivity contribution is -0.00155. The molecule has 0 aromatic heterocycles. The molecule has 2 fully saturated rings. The van der Waals surface area contributed by atoms with Crippen LogP contribution in [-0.2, 0) is 0 Å². The monoisotopic (exact) mass is 240 g/mol. The van der Waals surface area contributed by atoms with E-state index in [9.17, 15) is 5.11 Å². The van der Waals surface area contributed by atoms with E-state index in [0.29, 0.717) is 12.1 Å². The van der Waals surface area contributed by atoms with Gasteiger partial charge in [0.2, 0.25) is 0 Å². The zero-order chi connectivity index (χ0) is 12.3. The van der Waals surface area contributed by atoms with Gasteiger partial charge < -0.3 is 10.8 Å². The van der Waals surface area contributed by atoms with E-state index >= 15 is 0 Å². The van der Waals surface area contributed by atoms with Gasteiger partial charge >= 0.3 is 0 Å². The molecule has 1 aliphatic heterocycles. The Morgan fingerprint density at radius 1 is 1.06 bits per heavy atom. The van der Waals surface area contributed by atoms with E-state index in [-0.39, 0.29) is 12.1 Å². The third-order valence-electron chi connectivity index (χ3n) is 4.57. The Balaban J connectivity index is 2.05. The highest BCUT2D eigenvalue weighted by molar-refractivity contribution is 4.91. The Labute approximate surface area is 105 Å². The minimum Gasteiger partial charge on any atom is -0.391 e. The third-order valence-corrected chi connectivity index (χ3v) is 4.57. The van der Waals surface area contributed by atoms with E-state index in [1.165, 1.54) is 38.5 Å². The predicted octanol–water partition coefficient (Wildman–Crippen LogP) is 1.88. The molecule has 3 nitrogen and oxygen atoms in total. The van der Waals surface area contributed by atoms with E-state index in [0.717, 1.165) is 19.4 Å². The molecular weight excluding hydrogens is 212 g/mol. The van der Waals surface area contributed by atoms with Crippen molar-refractivity contribution >= 4 is 0 Å². The highest BCUT2D eigenvalue weighted by Crippen LogP contribution is 2.29. The predicted molar refractivity (Wildman–Crippen MR) is 70.9 cm³/mol. The summed E-state index contributed by atoms with van der Waals surface area (Å²) in [5.74, 6) is 0. The molecular formula is C14H28N2O. The molecule has 2 rings (SSSR count). The molecule has 4 unspecified atom stereocenters. The Morgan fingerprint density at radius 2 is 1.76 bits per heavy atom. The number of hydrogen-bond acceptors (Lipinski definition) is 3. The molecule has 0 radical (unpaired) electrons. The summed E-state index contributed by atoms with van der Waals surface area (Å²) in [6, 6.07) is 1.08. The summed E-state index contributed by atoms with van der Waals surface area (Å²) < 4.78 is 0. The number of aliphatic hydroxyl groups is 1. The van der Waals surface area contributed by atoms with Crippen LogP contribution in [0.15, 0.2) is 0 Å². The highest BCUT2D eigenvalue weighted by Gasteiger charge is 2.34. The van der Waals surface area contributed by atoms with Crippen LogP contribution in [0, 0.1) is 0 Å². The maximum Gasteiger partial charge on any atom is 0.0695 e. The number of likely N-dealkylation sites (tertiary alicyclic amines) is 1. The second kappa shape index (κ2) is 6.17. The quantitative estimate of drug-likeness (QED) is 0.725. The Kier molecular flexibility index (Phi) is 4.83. The Bertz CT molecular complexity index is 232. The molecule has 4 atom stereocenters. The lowest BCUT2D eigenvalue weighted by Gasteiger charge is -2.44. The van der Waals surface area contributed by atoms with Gasteiger partial charge in [-0.15, -0.1) is 0 Å². The van der Waals surface area contributed by atoms with Crippen LogP contribution in [0.5, 0.6) is 0 Å². The summed E-state index contributed by atoms with van der Waals surface area (Å²) in [6.45, 7) is 3.25. The van der Waals surface area contributed by atoms with Gasteiger partial charge in [-0.3, -0.25) is 4.90 Å². The Morgan fingerprint density at radius 3 is 2.53 bits per heavy atom. The smallest absolute Gasteiger partial charge is 0.0695 e. The number of nitrogens with zero attached hydrogens (tertiary/aromatic N) is 1. The number of nitrogens with two attached hydrogens (primary N) is 1. The van der Waals surface area contributed by atoms with Crippen LogP contribution in [0.1, 0.15) is 58.3 Å². The van der Waals surface area contributed by atoms with E-state index in [1.54, 1.807) is 0 Å². The molecule has 3 heteroatoms. The van der Waals surface area contributed by atoms with Gasteiger partial charge in [-0.05, 0) is 39.2 Å². The van der Waals surface area contributed by atoms with Gasteiger partial charge in [-0.1, -0.05) is 25.7 Å². The van der Waals surface area contributed by atoms with Crippen LogP contribution in [0.3, 0.4) is 0 Å². The highest BCUT2D eigenvalue weighted by atomic mass is 16.3. The molecule has 1 heterocycles. The lowest BCUT2D eigenvalue weighted by atomic mass is 9.92. The van der Waals surface area contributed by atoms with E-state index in [4.69, 9.17) is 5.73 Å². The van der Waals surface area contributed by atoms with Crippen LogP contribution < -0.4 is 5.73 Å². The van der Waals surface area contributed by atoms with Crippen LogP contribution in [0.25, 0.3) is 0 Å². The maximum atomic E-state index is 10.3. The number of aliphatic hydroxyl groups excluding tert-OH is 1. The van der Waals surface area contributed by atoms with Crippen molar-refractivity contribution in [2.45, 2.75) is 82.5 Å².